The van der Waals surface area contributed by atoms with E-state index in [1.165, 1.54) is 29.4 Å². The van der Waals surface area contributed by atoms with Gasteiger partial charge in [-0.25, -0.2) is 18.2 Å². The number of nitro groups is 1. The molecule has 1 amide bonds. The number of carbonyl (C=O) groups excluding carboxylic acids is 1. The first-order valence-corrected chi connectivity index (χ1v) is 12.7. The summed E-state index contributed by atoms with van der Waals surface area (Å²) in [6.07, 6.45) is 6.33. The van der Waals surface area contributed by atoms with E-state index in [4.69, 9.17) is 4.74 Å². The molecule has 1 aromatic carbocycles. The minimum Gasteiger partial charge on any atom is -0.443 e. The van der Waals surface area contributed by atoms with Crippen LogP contribution in [0.1, 0.15) is 50.8 Å². The summed E-state index contributed by atoms with van der Waals surface area (Å²) in [5.41, 5.74) is 1.19. The number of nitrogens with zero attached hydrogens (tertiary/aromatic N) is 4. The summed E-state index contributed by atoms with van der Waals surface area (Å²) in [6, 6.07) is 7.52. The van der Waals surface area contributed by atoms with E-state index in [0.717, 1.165) is 18.4 Å². The highest BCUT2D eigenvalue weighted by molar-refractivity contribution is 7.90. The molecule has 10 nitrogen and oxygen atoms in total. The second-order valence-electron chi connectivity index (χ2n) is 9.48. The molecule has 2 aromatic heterocycles. The zero-order valence-electron chi connectivity index (χ0n) is 19.4. The van der Waals surface area contributed by atoms with E-state index < -0.39 is 37.0 Å². The molecule has 1 aliphatic rings. The van der Waals surface area contributed by atoms with Crippen molar-refractivity contribution in [3.05, 3.63) is 64.1 Å². The summed E-state index contributed by atoms with van der Waals surface area (Å²) in [4.78, 5) is 29.3. The average Bonchev–Trinajstić information content (AvgIpc) is 3.49. The molecule has 0 aliphatic heterocycles. The van der Waals surface area contributed by atoms with Gasteiger partial charge in [-0.05, 0) is 63.3 Å². The summed E-state index contributed by atoms with van der Waals surface area (Å²) >= 11 is 0. The van der Waals surface area contributed by atoms with Crippen molar-refractivity contribution in [2.45, 2.75) is 56.6 Å². The Labute approximate surface area is 197 Å². The number of amides is 1. The zero-order valence-corrected chi connectivity index (χ0v) is 20.2. The number of pyridine rings is 1. The molecule has 4 rings (SSSR count). The van der Waals surface area contributed by atoms with Crippen LogP contribution >= 0.6 is 0 Å². The highest BCUT2D eigenvalue weighted by Crippen LogP contribution is 2.40. The maximum Gasteiger partial charge on any atom is 0.415 e. The topological polar surface area (TPSA) is 124 Å². The molecule has 3 aromatic rings. The van der Waals surface area contributed by atoms with Gasteiger partial charge in [-0.15, -0.1) is 0 Å². The van der Waals surface area contributed by atoms with E-state index in [2.05, 4.69) is 4.98 Å². The van der Waals surface area contributed by atoms with Crippen molar-refractivity contribution in [3.8, 4) is 0 Å². The third-order valence-electron chi connectivity index (χ3n) is 5.36. The van der Waals surface area contributed by atoms with Crippen LogP contribution < -0.4 is 4.90 Å². The maximum absolute atomic E-state index is 13.1. The molecule has 0 spiro atoms. The number of carbonyl (C=O) groups is 1. The van der Waals surface area contributed by atoms with Crippen LogP contribution in [-0.4, -0.2) is 40.7 Å². The van der Waals surface area contributed by atoms with Gasteiger partial charge in [0.2, 0.25) is 0 Å². The largest absolute Gasteiger partial charge is 0.443 e. The van der Waals surface area contributed by atoms with Crippen LogP contribution in [0.25, 0.3) is 5.65 Å². The molecule has 0 unspecified atom stereocenters. The number of anilines is 1. The molecular formula is C23H26N4O6S. The van der Waals surface area contributed by atoms with Gasteiger partial charge in [0.05, 0.1) is 22.8 Å². The minimum absolute atomic E-state index is 0.0231. The average molecular weight is 487 g/mol. The van der Waals surface area contributed by atoms with E-state index in [1.807, 2.05) is 22.7 Å². The molecule has 0 radical (unpaired) electrons. The summed E-state index contributed by atoms with van der Waals surface area (Å²) in [5, 5.41) is 11.6. The SMILES string of the molecule is CC(C)(C)OC(=O)N(Cc1cn2cc(C3CC3)ccc2n1)c1ccc(S(C)(=O)=O)c([N+](=O)[O-])c1. The third-order valence-corrected chi connectivity index (χ3v) is 6.50. The van der Waals surface area contributed by atoms with Crippen LogP contribution in [0.15, 0.2) is 47.6 Å². The van der Waals surface area contributed by atoms with Gasteiger partial charge in [0.25, 0.3) is 5.69 Å². The van der Waals surface area contributed by atoms with E-state index in [9.17, 15) is 23.3 Å². The van der Waals surface area contributed by atoms with Crippen molar-refractivity contribution in [2.24, 2.45) is 0 Å². The van der Waals surface area contributed by atoms with Crippen LogP contribution in [0, 0.1) is 10.1 Å². The lowest BCUT2D eigenvalue weighted by Gasteiger charge is -2.27. The zero-order chi connectivity index (χ0) is 24.8. The smallest absolute Gasteiger partial charge is 0.415 e. The van der Waals surface area contributed by atoms with Crippen molar-refractivity contribution in [2.75, 3.05) is 11.2 Å². The number of imidazole rings is 1. The van der Waals surface area contributed by atoms with Gasteiger partial charge in [0.1, 0.15) is 16.1 Å². The Morgan fingerprint density at radius 1 is 1.24 bits per heavy atom. The highest BCUT2D eigenvalue weighted by Gasteiger charge is 2.29. The highest BCUT2D eigenvalue weighted by atomic mass is 32.2. The van der Waals surface area contributed by atoms with Crippen molar-refractivity contribution in [3.63, 3.8) is 0 Å². The number of hydrogen-bond donors (Lipinski definition) is 0. The van der Waals surface area contributed by atoms with Crippen LogP contribution in [0.4, 0.5) is 16.2 Å². The van der Waals surface area contributed by atoms with E-state index >= 15 is 0 Å². The summed E-state index contributed by atoms with van der Waals surface area (Å²) in [7, 11) is -3.84. The number of benzene rings is 1. The number of hydrogen-bond acceptors (Lipinski definition) is 7. The molecule has 180 valence electrons. The summed E-state index contributed by atoms with van der Waals surface area (Å²) < 4.78 is 31.4. The monoisotopic (exact) mass is 486 g/mol. The lowest BCUT2D eigenvalue weighted by atomic mass is 10.2. The second-order valence-corrected chi connectivity index (χ2v) is 11.5. The predicted octanol–water partition coefficient (Wildman–Crippen LogP) is 4.47. The molecule has 1 saturated carbocycles. The van der Waals surface area contributed by atoms with Crippen LogP contribution in [0.5, 0.6) is 0 Å². The molecule has 1 aliphatic carbocycles. The molecule has 0 bridgehead atoms. The Hall–Kier alpha value is -3.47. The first kappa shape index (κ1) is 23.7. The number of aromatic nitrogens is 2. The Morgan fingerprint density at radius 3 is 2.53 bits per heavy atom. The van der Waals surface area contributed by atoms with Gasteiger partial charge in [-0.3, -0.25) is 15.0 Å². The quantitative estimate of drug-likeness (QED) is 0.372. The van der Waals surface area contributed by atoms with Gasteiger partial charge in [-0.2, -0.15) is 0 Å². The number of nitro benzene ring substituents is 1. The van der Waals surface area contributed by atoms with Gasteiger partial charge in [0.15, 0.2) is 9.84 Å². The van der Waals surface area contributed by atoms with E-state index in [-0.39, 0.29) is 12.2 Å². The standard InChI is InChI=1S/C23H26N4O6S/c1-23(2,3)33-22(28)26(18-8-9-20(34(4,31)32)19(11-18)27(29)30)14-17-13-25-12-16(15-5-6-15)7-10-21(25)24-17/h7-13,15H,5-6,14H2,1-4H3. The van der Waals surface area contributed by atoms with E-state index in [1.54, 1.807) is 27.0 Å². The van der Waals surface area contributed by atoms with Gasteiger partial charge < -0.3 is 9.14 Å². The number of ether oxygens (including phenoxy) is 1. The Kier molecular flexibility index (Phi) is 5.84. The lowest BCUT2D eigenvalue weighted by Crippen LogP contribution is -2.36. The van der Waals surface area contributed by atoms with Crippen molar-refractivity contribution in [1.29, 1.82) is 0 Å². The molecule has 11 heteroatoms. The molecule has 0 N–H and O–H groups in total. The first-order valence-electron chi connectivity index (χ1n) is 10.8. The Morgan fingerprint density at radius 2 is 1.94 bits per heavy atom. The Bertz CT molecular complexity index is 1390. The molecule has 2 heterocycles. The van der Waals surface area contributed by atoms with Crippen molar-refractivity contribution < 1.29 is 22.9 Å². The molecule has 0 atom stereocenters. The molecule has 0 saturated heterocycles. The van der Waals surface area contributed by atoms with Crippen LogP contribution in [0.3, 0.4) is 0 Å². The fourth-order valence-electron chi connectivity index (χ4n) is 3.67. The number of rotatable bonds is 6. The second kappa shape index (κ2) is 8.39. The van der Waals surface area contributed by atoms with Crippen LogP contribution in [0.2, 0.25) is 0 Å². The predicted molar refractivity (Wildman–Crippen MR) is 126 cm³/mol. The van der Waals surface area contributed by atoms with E-state index in [0.29, 0.717) is 17.3 Å². The molecular weight excluding hydrogens is 460 g/mol. The van der Waals surface area contributed by atoms with Gasteiger partial charge >= 0.3 is 6.09 Å². The van der Waals surface area contributed by atoms with Crippen molar-refractivity contribution >= 4 is 33.0 Å². The normalized spacial score (nSPS) is 14.2. The maximum atomic E-state index is 13.1. The van der Waals surface area contributed by atoms with Crippen molar-refractivity contribution in [1.82, 2.24) is 9.38 Å². The third kappa shape index (κ3) is 5.19. The fourth-order valence-corrected chi connectivity index (χ4v) is 4.49. The first-order chi connectivity index (χ1) is 15.8. The minimum atomic E-state index is -3.84. The summed E-state index contributed by atoms with van der Waals surface area (Å²) in [5.74, 6) is 0.572. The molecule has 34 heavy (non-hydrogen) atoms. The lowest BCUT2D eigenvalue weighted by molar-refractivity contribution is -0.387. The van der Waals surface area contributed by atoms with Crippen LogP contribution in [-0.2, 0) is 21.1 Å². The summed E-state index contributed by atoms with van der Waals surface area (Å²) in [6.45, 7) is 5.11. The Balaban J connectivity index is 1.74. The van der Waals surface area contributed by atoms with Gasteiger partial charge in [-0.1, -0.05) is 6.07 Å². The number of fused-ring (bicyclic) bond motifs is 1. The fraction of sp³-hybridized carbons (Fsp3) is 0.391. The molecule has 1 fully saturated rings. The van der Waals surface area contributed by atoms with Gasteiger partial charge in [0, 0.05) is 24.7 Å². The number of sulfone groups is 1.